The van der Waals surface area contributed by atoms with E-state index in [1.807, 2.05) is 37.2 Å². The maximum Gasteiger partial charge on any atom is 0.222 e. The minimum absolute atomic E-state index is 0.177. The molecule has 1 saturated heterocycles. The van der Waals surface area contributed by atoms with Crippen molar-refractivity contribution in [2.45, 2.75) is 39.5 Å². The highest BCUT2D eigenvalue weighted by Crippen LogP contribution is 2.25. The van der Waals surface area contributed by atoms with E-state index in [0.717, 1.165) is 12.8 Å². The topological polar surface area (TPSA) is 53.2 Å². The van der Waals surface area contributed by atoms with Gasteiger partial charge in [-0.05, 0) is 24.5 Å². The number of likely N-dealkylation sites (tertiary alicyclic amines) is 1. The van der Waals surface area contributed by atoms with Crippen LogP contribution in [0.2, 0.25) is 0 Å². The number of nitrogens with zero attached hydrogens (tertiary/aromatic N) is 1. The van der Waals surface area contributed by atoms with E-state index in [1.54, 1.807) is 0 Å². The first kappa shape index (κ1) is 13.8. The third-order valence-corrected chi connectivity index (χ3v) is 3.82. The van der Waals surface area contributed by atoms with E-state index in [4.69, 9.17) is 0 Å². The van der Waals surface area contributed by atoms with Crippen LogP contribution in [0.1, 0.15) is 38.7 Å². The molecule has 19 heavy (non-hydrogen) atoms. The lowest BCUT2D eigenvalue weighted by atomic mass is 9.82. The summed E-state index contributed by atoms with van der Waals surface area (Å²) in [5, 5.41) is 0. The molecular formula is C15H22N2O2. The summed E-state index contributed by atoms with van der Waals surface area (Å²) in [5.41, 5.74) is 0.858. The second-order valence-electron chi connectivity index (χ2n) is 5.95. The predicted octanol–water partition coefficient (Wildman–Crippen LogP) is 2.17. The Morgan fingerprint density at radius 1 is 1.47 bits per heavy atom. The van der Waals surface area contributed by atoms with Crippen LogP contribution in [0.25, 0.3) is 0 Å². The smallest absolute Gasteiger partial charge is 0.222 e. The lowest BCUT2D eigenvalue weighted by molar-refractivity contribution is -0.141. The summed E-state index contributed by atoms with van der Waals surface area (Å²) in [6.07, 6.45) is 6.71. The van der Waals surface area contributed by atoms with Crippen molar-refractivity contribution in [1.29, 1.82) is 0 Å². The number of carbonyl (C=O) groups is 2. The number of aromatic amines is 1. The van der Waals surface area contributed by atoms with Crippen molar-refractivity contribution in [2.24, 2.45) is 5.41 Å². The second-order valence-corrected chi connectivity index (χ2v) is 5.95. The van der Waals surface area contributed by atoms with Crippen LogP contribution in [0.3, 0.4) is 0 Å². The largest absolute Gasteiger partial charge is 0.367 e. The molecule has 0 bridgehead atoms. The number of amides is 1. The van der Waals surface area contributed by atoms with Crippen LogP contribution in [-0.2, 0) is 16.0 Å². The van der Waals surface area contributed by atoms with Gasteiger partial charge in [0.1, 0.15) is 5.78 Å². The molecule has 2 rings (SSSR count). The van der Waals surface area contributed by atoms with Crippen LogP contribution >= 0.6 is 0 Å². The molecule has 0 radical (unpaired) electrons. The normalized spacial score (nSPS) is 18.6. The summed E-state index contributed by atoms with van der Waals surface area (Å²) >= 11 is 0. The van der Waals surface area contributed by atoms with E-state index in [2.05, 4.69) is 4.98 Å². The summed E-state index contributed by atoms with van der Waals surface area (Å²) in [4.78, 5) is 28.7. The maximum atomic E-state index is 12.1. The number of rotatable bonds is 4. The van der Waals surface area contributed by atoms with Gasteiger partial charge in [0, 0.05) is 43.7 Å². The van der Waals surface area contributed by atoms with Crippen LogP contribution in [0.4, 0.5) is 0 Å². The monoisotopic (exact) mass is 262 g/mol. The third kappa shape index (κ3) is 3.46. The molecule has 0 aromatic carbocycles. The van der Waals surface area contributed by atoms with Gasteiger partial charge < -0.3 is 9.88 Å². The maximum absolute atomic E-state index is 12.1. The van der Waals surface area contributed by atoms with Gasteiger partial charge in [0.15, 0.2) is 0 Å². The molecule has 1 aromatic heterocycles. The summed E-state index contributed by atoms with van der Waals surface area (Å²) in [6.45, 7) is 5.00. The number of carbonyl (C=O) groups excluding carboxylic acids is 2. The summed E-state index contributed by atoms with van der Waals surface area (Å²) < 4.78 is 0. The molecule has 0 aliphatic carbocycles. The van der Waals surface area contributed by atoms with Crippen molar-refractivity contribution in [3.8, 4) is 0 Å². The number of ketones is 1. The molecule has 0 atom stereocenters. The molecule has 1 fully saturated rings. The Kier molecular flexibility index (Phi) is 4.08. The first-order valence-corrected chi connectivity index (χ1v) is 6.92. The molecule has 104 valence electrons. The zero-order valence-corrected chi connectivity index (χ0v) is 11.7. The van der Waals surface area contributed by atoms with Crippen LogP contribution in [0.5, 0.6) is 0 Å². The van der Waals surface area contributed by atoms with Gasteiger partial charge in [0.25, 0.3) is 0 Å². The molecule has 1 aromatic rings. The number of piperidine rings is 1. The van der Waals surface area contributed by atoms with Gasteiger partial charge in [-0.25, -0.2) is 0 Å². The van der Waals surface area contributed by atoms with Crippen molar-refractivity contribution in [3.05, 3.63) is 24.0 Å². The van der Waals surface area contributed by atoms with Crippen LogP contribution in [0, 0.1) is 5.41 Å². The van der Waals surface area contributed by atoms with Gasteiger partial charge >= 0.3 is 0 Å². The highest BCUT2D eigenvalue weighted by Gasteiger charge is 2.35. The number of Topliss-reactive ketones (excluding diaryl/α,β-unsaturated/α-hetero) is 1. The van der Waals surface area contributed by atoms with Gasteiger partial charge in [-0.3, -0.25) is 9.59 Å². The average molecular weight is 262 g/mol. The van der Waals surface area contributed by atoms with Gasteiger partial charge in [0.05, 0.1) is 0 Å². The van der Waals surface area contributed by atoms with E-state index >= 15 is 0 Å². The molecule has 1 aliphatic heterocycles. The van der Waals surface area contributed by atoms with Crippen molar-refractivity contribution in [2.75, 3.05) is 13.1 Å². The predicted molar refractivity (Wildman–Crippen MR) is 73.7 cm³/mol. The number of aromatic nitrogens is 1. The molecule has 1 amide bonds. The van der Waals surface area contributed by atoms with Crippen molar-refractivity contribution in [1.82, 2.24) is 9.88 Å². The van der Waals surface area contributed by atoms with Crippen LogP contribution in [-0.4, -0.2) is 34.7 Å². The van der Waals surface area contributed by atoms with E-state index in [1.165, 1.54) is 5.56 Å². The minimum Gasteiger partial charge on any atom is -0.367 e. The molecule has 0 saturated carbocycles. The Morgan fingerprint density at radius 3 is 2.89 bits per heavy atom. The first-order valence-electron chi connectivity index (χ1n) is 6.92. The number of hydrogen-bond donors (Lipinski definition) is 1. The Labute approximate surface area is 114 Å². The summed E-state index contributed by atoms with van der Waals surface area (Å²) in [7, 11) is 0. The second kappa shape index (κ2) is 5.59. The van der Waals surface area contributed by atoms with Gasteiger partial charge in [-0.15, -0.1) is 0 Å². The average Bonchev–Trinajstić information content (AvgIpc) is 2.85. The van der Waals surface area contributed by atoms with E-state index < -0.39 is 0 Å². The fourth-order valence-corrected chi connectivity index (χ4v) is 2.55. The molecule has 0 unspecified atom stereocenters. The number of hydrogen-bond acceptors (Lipinski definition) is 2. The molecular weight excluding hydrogens is 240 g/mol. The SMILES string of the molecule is CC1(C)CN(C(=O)CCCc2cc[nH]c2)CCC1=O. The standard InChI is InChI=1S/C15H22N2O2/c1-15(2)11-17(9-7-13(15)18)14(19)5-3-4-12-6-8-16-10-12/h6,8,10,16H,3-5,7,9,11H2,1-2H3. The number of H-pyrrole nitrogens is 1. The highest BCUT2D eigenvalue weighted by molar-refractivity contribution is 5.87. The van der Waals surface area contributed by atoms with Gasteiger partial charge in [0.2, 0.25) is 5.91 Å². The van der Waals surface area contributed by atoms with Crippen LogP contribution in [0.15, 0.2) is 18.5 Å². The Balaban J connectivity index is 1.79. The van der Waals surface area contributed by atoms with Gasteiger partial charge in [-0.2, -0.15) is 0 Å². The Morgan fingerprint density at radius 2 is 2.26 bits per heavy atom. The molecule has 4 nitrogen and oxygen atoms in total. The molecule has 4 heteroatoms. The molecule has 1 N–H and O–H groups in total. The van der Waals surface area contributed by atoms with Crippen molar-refractivity contribution in [3.63, 3.8) is 0 Å². The fourth-order valence-electron chi connectivity index (χ4n) is 2.55. The lowest BCUT2D eigenvalue weighted by Crippen LogP contribution is -2.48. The molecule has 2 heterocycles. The third-order valence-electron chi connectivity index (χ3n) is 3.82. The Bertz CT molecular complexity index is 449. The quantitative estimate of drug-likeness (QED) is 0.904. The van der Waals surface area contributed by atoms with Gasteiger partial charge in [-0.1, -0.05) is 13.8 Å². The molecule has 0 spiro atoms. The zero-order valence-electron chi connectivity index (χ0n) is 11.7. The summed E-state index contributed by atoms with van der Waals surface area (Å²) in [5.74, 6) is 0.444. The van der Waals surface area contributed by atoms with Crippen LogP contribution < -0.4 is 0 Å². The van der Waals surface area contributed by atoms with E-state index in [0.29, 0.717) is 25.9 Å². The van der Waals surface area contributed by atoms with E-state index in [-0.39, 0.29) is 17.1 Å². The molecule has 1 aliphatic rings. The highest BCUT2D eigenvalue weighted by atomic mass is 16.2. The fraction of sp³-hybridized carbons (Fsp3) is 0.600. The van der Waals surface area contributed by atoms with Crippen molar-refractivity contribution >= 4 is 11.7 Å². The Hall–Kier alpha value is -1.58. The first-order chi connectivity index (χ1) is 8.99. The lowest BCUT2D eigenvalue weighted by Gasteiger charge is -2.36. The zero-order chi connectivity index (χ0) is 13.9. The summed E-state index contributed by atoms with van der Waals surface area (Å²) in [6, 6.07) is 2.03. The number of nitrogens with one attached hydrogen (secondary N) is 1. The minimum atomic E-state index is -0.380. The number of aryl methyl sites for hydroxylation is 1. The van der Waals surface area contributed by atoms with Crippen molar-refractivity contribution < 1.29 is 9.59 Å². The van der Waals surface area contributed by atoms with E-state index in [9.17, 15) is 9.59 Å².